The second-order valence-corrected chi connectivity index (χ2v) is 6.52. The zero-order valence-electron chi connectivity index (χ0n) is 16.6. The molecule has 2 aromatic rings. The molecule has 0 aliphatic rings. The van der Waals surface area contributed by atoms with Crippen molar-refractivity contribution in [1.82, 2.24) is 0 Å². The Morgan fingerprint density at radius 1 is 1.00 bits per heavy atom. The van der Waals surface area contributed by atoms with Gasteiger partial charge >= 0.3 is 5.97 Å². The summed E-state index contributed by atoms with van der Waals surface area (Å²) in [6.07, 6.45) is -0.105. The lowest BCUT2D eigenvalue weighted by Crippen LogP contribution is -2.33. The van der Waals surface area contributed by atoms with Crippen molar-refractivity contribution in [2.24, 2.45) is 0 Å². The van der Waals surface area contributed by atoms with Gasteiger partial charge in [0.1, 0.15) is 5.75 Å². The second kappa shape index (κ2) is 9.21. The monoisotopic (exact) mass is 369 g/mol. The predicted molar refractivity (Wildman–Crippen MR) is 106 cm³/mol. The lowest BCUT2D eigenvalue weighted by molar-refractivity contribution is -0.122. The van der Waals surface area contributed by atoms with Gasteiger partial charge < -0.3 is 14.8 Å². The Bertz CT molecular complexity index is 829. The molecule has 0 saturated carbocycles. The van der Waals surface area contributed by atoms with E-state index in [0.29, 0.717) is 30.0 Å². The highest BCUT2D eigenvalue weighted by atomic mass is 16.5. The second-order valence-electron chi connectivity index (χ2n) is 6.52. The van der Waals surface area contributed by atoms with Crippen molar-refractivity contribution in [3.8, 4) is 5.75 Å². The molecule has 0 aromatic heterocycles. The van der Waals surface area contributed by atoms with Crippen LogP contribution >= 0.6 is 0 Å². The van der Waals surface area contributed by atoms with Crippen LogP contribution in [0.25, 0.3) is 0 Å². The molecule has 1 amide bonds. The number of hydrogen-bond acceptors (Lipinski definition) is 4. The molecule has 2 aromatic carbocycles. The first kappa shape index (κ1) is 20.5. The summed E-state index contributed by atoms with van der Waals surface area (Å²) in [4.78, 5) is 24.7. The molecule has 2 rings (SSSR count). The minimum Gasteiger partial charge on any atom is -0.480 e. The van der Waals surface area contributed by atoms with E-state index in [0.717, 1.165) is 16.7 Å². The van der Waals surface area contributed by atoms with Gasteiger partial charge in [-0.1, -0.05) is 25.1 Å². The van der Waals surface area contributed by atoms with Crippen LogP contribution in [0, 0.1) is 20.8 Å². The quantitative estimate of drug-likeness (QED) is 0.725. The molecule has 0 heterocycles. The first-order valence-corrected chi connectivity index (χ1v) is 9.18. The molecular weight excluding hydrogens is 342 g/mol. The summed E-state index contributed by atoms with van der Waals surface area (Å²) < 4.78 is 11.0. The number of carbonyl (C=O) groups excluding carboxylic acids is 2. The number of amides is 1. The summed E-state index contributed by atoms with van der Waals surface area (Å²) in [6.45, 7) is 9.76. The normalized spacial score (nSPS) is 11.6. The van der Waals surface area contributed by atoms with E-state index in [9.17, 15) is 9.59 Å². The van der Waals surface area contributed by atoms with Crippen LogP contribution in [0.15, 0.2) is 36.4 Å². The van der Waals surface area contributed by atoms with Crippen molar-refractivity contribution in [1.29, 1.82) is 0 Å². The third-order valence-corrected chi connectivity index (χ3v) is 4.28. The number of anilines is 1. The molecule has 0 bridgehead atoms. The summed E-state index contributed by atoms with van der Waals surface area (Å²) in [5, 5.41) is 2.88. The SMILES string of the molecule is CCOC(=O)c1ccc(C)c(NC(=O)[C@H](CC)Oc2cc(C)ccc2C)c1. The van der Waals surface area contributed by atoms with Crippen molar-refractivity contribution in [2.45, 2.75) is 47.1 Å². The first-order valence-electron chi connectivity index (χ1n) is 9.18. The van der Waals surface area contributed by atoms with Crippen LogP contribution in [0.4, 0.5) is 5.69 Å². The number of nitrogens with one attached hydrogen (secondary N) is 1. The first-order chi connectivity index (χ1) is 12.8. The zero-order chi connectivity index (χ0) is 20.0. The van der Waals surface area contributed by atoms with Gasteiger partial charge in [-0.25, -0.2) is 4.79 Å². The highest BCUT2D eigenvalue weighted by Crippen LogP contribution is 2.23. The standard InChI is InChI=1S/C22H27NO4/c1-6-19(27-20-12-14(3)8-9-16(20)5)21(24)23-18-13-17(11-10-15(18)4)22(25)26-7-2/h8-13,19H,6-7H2,1-5H3,(H,23,24)/t19-/m0/s1. The molecule has 5 heteroatoms. The smallest absolute Gasteiger partial charge is 0.338 e. The Morgan fingerprint density at radius 3 is 2.37 bits per heavy atom. The van der Waals surface area contributed by atoms with Gasteiger partial charge in [-0.15, -0.1) is 0 Å². The van der Waals surface area contributed by atoms with Gasteiger partial charge in [0, 0.05) is 5.69 Å². The summed E-state index contributed by atoms with van der Waals surface area (Å²) in [5.74, 6) is 0.0446. The molecule has 0 aliphatic heterocycles. The summed E-state index contributed by atoms with van der Waals surface area (Å²) >= 11 is 0. The van der Waals surface area contributed by atoms with Crippen molar-refractivity contribution in [3.05, 3.63) is 58.7 Å². The number of carbonyl (C=O) groups is 2. The number of ether oxygens (including phenoxy) is 2. The van der Waals surface area contributed by atoms with Crippen LogP contribution in [0.3, 0.4) is 0 Å². The third kappa shape index (κ3) is 5.33. The Balaban J connectivity index is 2.17. The predicted octanol–water partition coefficient (Wildman–Crippen LogP) is 4.58. The van der Waals surface area contributed by atoms with Gasteiger partial charge in [0.05, 0.1) is 12.2 Å². The highest BCUT2D eigenvalue weighted by molar-refractivity contribution is 5.97. The Morgan fingerprint density at radius 2 is 1.70 bits per heavy atom. The van der Waals surface area contributed by atoms with E-state index in [-0.39, 0.29) is 5.91 Å². The fourth-order valence-electron chi connectivity index (χ4n) is 2.62. The highest BCUT2D eigenvalue weighted by Gasteiger charge is 2.21. The van der Waals surface area contributed by atoms with E-state index >= 15 is 0 Å². The molecule has 0 radical (unpaired) electrons. The topological polar surface area (TPSA) is 64.6 Å². The maximum atomic E-state index is 12.8. The molecule has 5 nitrogen and oxygen atoms in total. The number of benzene rings is 2. The number of rotatable bonds is 7. The van der Waals surface area contributed by atoms with Crippen LogP contribution in [0.5, 0.6) is 5.75 Å². The fourth-order valence-corrected chi connectivity index (χ4v) is 2.62. The van der Waals surface area contributed by atoms with Gasteiger partial charge in [-0.3, -0.25) is 4.79 Å². The van der Waals surface area contributed by atoms with Gasteiger partial charge in [-0.05, 0) is 69.0 Å². The summed E-state index contributed by atoms with van der Waals surface area (Å²) in [6, 6.07) is 11.0. The maximum Gasteiger partial charge on any atom is 0.338 e. The minimum absolute atomic E-state index is 0.248. The number of hydrogen-bond donors (Lipinski definition) is 1. The van der Waals surface area contributed by atoms with Gasteiger partial charge in [0.15, 0.2) is 6.10 Å². The number of esters is 1. The van der Waals surface area contributed by atoms with Gasteiger partial charge in [-0.2, -0.15) is 0 Å². The Kier molecular flexibility index (Phi) is 6.99. The van der Waals surface area contributed by atoms with Crippen molar-refractivity contribution >= 4 is 17.6 Å². The van der Waals surface area contributed by atoms with E-state index in [2.05, 4.69) is 5.32 Å². The van der Waals surface area contributed by atoms with Gasteiger partial charge in [0.2, 0.25) is 0 Å². The summed E-state index contributed by atoms with van der Waals surface area (Å²) in [7, 11) is 0. The van der Waals surface area contributed by atoms with Crippen LogP contribution in [0.1, 0.15) is 47.3 Å². The van der Waals surface area contributed by atoms with E-state index < -0.39 is 12.1 Å². The molecule has 0 fully saturated rings. The lowest BCUT2D eigenvalue weighted by atomic mass is 10.1. The van der Waals surface area contributed by atoms with Crippen LogP contribution in [0.2, 0.25) is 0 Å². The molecule has 1 N–H and O–H groups in total. The molecule has 0 unspecified atom stereocenters. The van der Waals surface area contributed by atoms with E-state index in [4.69, 9.17) is 9.47 Å². The lowest BCUT2D eigenvalue weighted by Gasteiger charge is -2.20. The van der Waals surface area contributed by atoms with E-state index in [1.165, 1.54) is 0 Å². The van der Waals surface area contributed by atoms with Crippen molar-refractivity contribution in [3.63, 3.8) is 0 Å². The van der Waals surface area contributed by atoms with E-state index in [1.54, 1.807) is 25.1 Å². The molecule has 27 heavy (non-hydrogen) atoms. The van der Waals surface area contributed by atoms with Crippen LogP contribution in [-0.2, 0) is 9.53 Å². The molecule has 0 saturated heterocycles. The number of aryl methyl sites for hydroxylation is 3. The molecular formula is C22H27NO4. The fraction of sp³-hybridized carbons (Fsp3) is 0.364. The Hall–Kier alpha value is -2.82. The van der Waals surface area contributed by atoms with Crippen LogP contribution in [-0.4, -0.2) is 24.6 Å². The third-order valence-electron chi connectivity index (χ3n) is 4.28. The average molecular weight is 369 g/mol. The molecule has 0 aliphatic carbocycles. The zero-order valence-corrected chi connectivity index (χ0v) is 16.6. The Labute approximate surface area is 160 Å². The van der Waals surface area contributed by atoms with Crippen molar-refractivity contribution in [2.75, 3.05) is 11.9 Å². The molecule has 0 spiro atoms. The largest absolute Gasteiger partial charge is 0.480 e. The summed E-state index contributed by atoms with van der Waals surface area (Å²) in [5.41, 5.74) is 3.89. The van der Waals surface area contributed by atoms with Gasteiger partial charge in [0.25, 0.3) is 5.91 Å². The minimum atomic E-state index is -0.629. The molecule has 1 atom stereocenters. The average Bonchev–Trinajstić information content (AvgIpc) is 2.64. The van der Waals surface area contributed by atoms with E-state index in [1.807, 2.05) is 45.9 Å². The van der Waals surface area contributed by atoms with Crippen LogP contribution < -0.4 is 10.1 Å². The molecule has 144 valence electrons. The van der Waals surface area contributed by atoms with Crippen molar-refractivity contribution < 1.29 is 19.1 Å². The maximum absolute atomic E-state index is 12.8.